The fraction of sp³-hybridized carbons (Fsp3) is 0.292. The topological polar surface area (TPSA) is 231 Å². The maximum absolute atomic E-state index is 13.4. The van der Waals surface area contributed by atoms with Gasteiger partial charge in [-0.2, -0.15) is 26.3 Å². The van der Waals surface area contributed by atoms with E-state index in [9.17, 15) is 45.7 Å². The van der Waals surface area contributed by atoms with Crippen molar-refractivity contribution >= 4 is 47.6 Å². The van der Waals surface area contributed by atoms with Crippen LogP contribution in [-0.4, -0.2) is 106 Å². The van der Waals surface area contributed by atoms with Crippen LogP contribution in [0, 0.1) is 9.81 Å². The Labute approximate surface area is 417 Å². The van der Waals surface area contributed by atoms with Gasteiger partial charge in [0.25, 0.3) is 5.91 Å². The number of aromatic nitrogens is 4. The lowest BCUT2D eigenvalue weighted by Gasteiger charge is -2.40. The molecule has 0 saturated carbocycles. The number of halogens is 7. The number of nitrogens with zero attached hydrogens (tertiary/aromatic N) is 9. The molecule has 0 radical (unpaired) electrons. The lowest BCUT2D eigenvalue weighted by Crippen LogP contribution is -2.60. The molecule has 1 amide bonds. The SMILES string of the molecule is COc1cc(C(=O)N2C[C@]3(N)C[C@H]2CN3c2ccc(N=O)nn2)ccc1-c1ccc(C(F)(F)F)cc1.COc1cc(C(=O)O)ccc1-c1ccc(C(F)(F)F)cc1.Cl.O=Nc1ccc(N2C[C@@H]3C[C@H]2CN3)nn1. The lowest BCUT2D eigenvalue weighted by atomic mass is 10.0. The number of nitrogens with two attached hydrogens (primary N) is 1. The Bertz CT molecular complexity index is 2960. The molecule has 4 aromatic carbocycles. The highest BCUT2D eigenvalue weighted by Crippen LogP contribution is 2.41. The minimum Gasteiger partial charge on any atom is -0.496 e. The van der Waals surface area contributed by atoms with E-state index in [4.69, 9.17) is 20.3 Å². The van der Waals surface area contributed by atoms with Crippen LogP contribution in [0.1, 0.15) is 44.7 Å². The predicted octanol–water partition coefficient (Wildman–Crippen LogP) is 8.88. The van der Waals surface area contributed by atoms with E-state index in [0.29, 0.717) is 64.4 Å². The predicted molar refractivity (Wildman–Crippen MR) is 257 cm³/mol. The van der Waals surface area contributed by atoms with Crippen molar-refractivity contribution < 1.29 is 50.5 Å². The number of amides is 1. The third kappa shape index (κ3) is 11.5. The van der Waals surface area contributed by atoms with Gasteiger partial charge in [-0.3, -0.25) is 4.79 Å². The summed E-state index contributed by atoms with van der Waals surface area (Å²) in [7, 11) is 2.81. The molecule has 18 nitrogen and oxygen atoms in total. The summed E-state index contributed by atoms with van der Waals surface area (Å²) in [5.74, 6) is 0.783. The summed E-state index contributed by atoms with van der Waals surface area (Å²) in [5, 5.41) is 33.3. The molecule has 4 fully saturated rings. The molecule has 6 aromatic rings. The molecule has 4 atom stereocenters. The Hall–Kier alpha value is -7.83. The summed E-state index contributed by atoms with van der Waals surface area (Å²) in [6, 6.07) is 25.9. The van der Waals surface area contributed by atoms with Crippen LogP contribution in [0.2, 0.25) is 0 Å². The van der Waals surface area contributed by atoms with Gasteiger partial charge in [-0.25, -0.2) is 4.79 Å². The minimum absolute atomic E-state index is 0. The number of carboxylic acids is 1. The number of benzene rings is 4. The summed E-state index contributed by atoms with van der Waals surface area (Å²) in [4.78, 5) is 50.9. The first-order valence-electron chi connectivity index (χ1n) is 22.0. The molecule has 6 heterocycles. The lowest BCUT2D eigenvalue weighted by molar-refractivity contribution is -0.138. The average molecular weight is 1040 g/mol. The number of anilines is 2. The standard InChI is InChI=1S/C24H21F3N6O3.C15H11F3O3.C9H11N5O.ClH/c1-36-19-10-15(4-7-18(19)14-2-5-16(6-3-14)24(25,26)27)22(34)32-13-23(28)11-17(32)12-33(23)21-9-8-20(31-35)29-30-21;1-21-13-8-10(14(19)20)4-7-12(13)9-2-5-11(6-3-9)15(16,17)18;15-13-8-1-2-9(12-11-8)14-5-6-3-7(14)4-10-6;/h2-10,17H,11-13,28H2,1H3;2-8H,1H3,(H,19,20);1-2,6-7,10H,3-5H2;1H/t17-,23-;;6-,7-;/m0.0./s1. The first-order chi connectivity index (χ1) is 34.3. The van der Waals surface area contributed by atoms with Crippen LogP contribution in [0.25, 0.3) is 22.3 Å². The van der Waals surface area contributed by atoms with Gasteiger partial charge in [0, 0.05) is 54.8 Å². The van der Waals surface area contributed by atoms with Gasteiger partial charge in [0.2, 0.25) is 11.6 Å². The fourth-order valence-corrected chi connectivity index (χ4v) is 9.16. The van der Waals surface area contributed by atoms with Gasteiger partial charge >= 0.3 is 18.3 Å². The number of methoxy groups -OCH3 is 2. The third-order valence-corrected chi connectivity index (χ3v) is 12.7. The monoisotopic (exact) mass is 1040 g/mol. The zero-order chi connectivity index (χ0) is 51.5. The van der Waals surface area contributed by atoms with Crippen LogP contribution in [0.5, 0.6) is 11.5 Å². The Balaban J connectivity index is 0.000000177. The largest absolute Gasteiger partial charge is 0.496 e. The molecule has 2 aromatic heterocycles. The highest BCUT2D eigenvalue weighted by atomic mass is 35.5. The Morgan fingerprint density at radius 1 is 0.699 bits per heavy atom. The number of hydrogen-bond donors (Lipinski definition) is 3. The first-order valence-corrected chi connectivity index (χ1v) is 22.0. The third-order valence-electron chi connectivity index (χ3n) is 12.7. The van der Waals surface area contributed by atoms with Crippen molar-refractivity contribution in [2.45, 2.75) is 49.0 Å². The summed E-state index contributed by atoms with van der Waals surface area (Å²) in [6.45, 7) is 2.70. The highest BCUT2D eigenvalue weighted by Gasteiger charge is 2.54. The number of fused-ring (bicyclic) bond motifs is 4. The van der Waals surface area contributed by atoms with Crippen molar-refractivity contribution in [2.75, 3.05) is 50.2 Å². The highest BCUT2D eigenvalue weighted by molar-refractivity contribution is 5.96. The summed E-state index contributed by atoms with van der Waals surface area (Å²) < 4.78 is 86.8. The molecule has 4 aliphatic rings. The van der Waals surface area contributed by atoms with Crippen molar-refractivity contribution in [1.29, 1.82) is 0 Å². The number of carboxylic acid groups (broad SMARTS) is 1. The van der Waals surface area contributed by atoms with Crippen molar-refractivity contribution in [3.8, 4) is 33.8 Å². The molecule has 0 unspecified atom stereocenters. The fourth-order valence-electron chi connectivity index (χ4n) is 9.16. The van der Waals surface area contributed by atoms with Gasteiger partial charge in [-0.15, -0.1) is 42.6 Å². The molecule has 25 heteroatoms. The maximum atomic E-state index is 13.4. The number of carbonyl (C=O) groups excluding carboxylic acids is 1. The second kappa shape index (κ2) is 21.5. The molecule has 4 N–H and O–H groups in total. The van der Waals surface area contributed by atoms with Crippen LogP contribution >= 0.6 is 12.4 Å². The van der Waals surface area contributed by atoms with E-state index in [1.165, 1.54) is 69.2 Å². The van der Waals surface area contributed by atoms with Gasteiger partial charge < -0.3 is 40.3 Å². The summed E-state index contributed by atoms with van der Waals surface area (Å²) >= 11 is 0. The van der Waals surface area contributed by atoms with Crippen molar-refractivity contribution in [2.24, 2.45) is 16.1 Å². The van der Waals surface area contributed by atoms with Crippen LogP contribution in [0.4, 0.5) is 49.6 Å². The molecule has 4 saturated heterocycles. The summed E-state index contributed by atoms with van der Waals surface area (Å²) in [5.41, 5.74) is 6.87. The number of alkyl halides is 6. The molecule has 4 aliphatic heterocycles. The van der Waals surface area contributed by atoms with Gasteiger partial charge in [0.1, 0.15) is 17.2 Å². The number of aromatic carboxylic acids is 1. The van der Waals surface area contributed by atoms with Gasteiger partial charge in [-0.05, 0) is 113 Å². The van der Waals surface area contributed by atoms with Gasteiger partial charge in [0.05, 0.1) is 43.5 Å². The van der Waals surface area contributed by atoms with Gasteiger partial charge in [-0.1, -0.05) is 24.3 Å². The zero-order valence-electron chi connectivity index (χ0n) is 38.5. The number of likely N-dealkylation sites (tertiary alicyclic amines) is 1. The van der Waals surface area contributed by atoms with E-state index in [0.717, 1.165) is 43.2 Å². The van der Waals surface area contributed by atoms with E-state index in [1.54, 1.807) is 35.2 Å². The average Bonchev–Trinajstić information content (AvgIpc) is 4.19. The van der Waals surface area contributed by atoms with Crippen LogP contribution < -0.4 is 30.3 Å². The second-order valence-corrected chi connectivity index (χ2v) is 17.1. The van der Waals surface area contributed by atoms with E-state index in [1.807, 2.05) is 11.0 Å². The van der Waals surface area contributed by atoms with E-state index in [2.05, 4.69) is 41.0 Å². The number of piperazine rings is 2. The van der Waals surface area contributed by atoms with Gasteiger partial charge in [0.15, 0.2) is 11.6 Å². The number of nitroso groups, excluding NO2 is 2. The quantitative estimate of drug-likeness (QED) is 0.0859. The van der Waals surface area contributed by atoms with Crippen LogP contribution in [0.15, 0.2) is 120 Å². The molecule has 10 rings (SSSR count). The summed E-state index contributed by atoms with van der Waals surface area (Å²) in [6.07, 6.45) is -7.10. The number of carbonyl (C=O) groups is 2. The van der Waals surface area contributed by atoms with Crippen LogP contribution in [-0.2, 0) is 12.4 Å². The van der Waals surface area contributed by atoms with E-state index in [-0.39, 0.29) is 53.8 Å². The van der Waals surface area contributed by atoms with Crippen LogP contribution in [0.3, 0.4) is 0 Å². The number of ether oxygens (including phenoxy) is 2. The van der Waals surface area contributed by atoms with E-state index < -0.39 is 35.1 Å². The van der Waals surface area contributed by atoms with Crippen molar-refractivity contribution in [1.82, 2.24) is 30.6 Å². The normalized spacial score (nSPS) is 19.5. The molecule has 0 aliphatic carbocycles. The Kier molecular flexibility index (Phi) is 15.6. The van der Waals surface area contributed by atoms with Crippen molar-refractivity contribution in [3.63, 3.8) is 0 Å². The molecule has 73 heavy (non-hydrogen) atoms. The molecular formula is C48H44ClF6N11O7. The molecule has 4 bridgehead atoms. The zero-order valence-corrected chi connectivity index (χ0v) is 39.4. The number of rotatable bonds is 10. The number of nitrogens with one attached hydrogen (secondary N) is 1. The molecule has 382 valence electrons. The Morgan fingerprint density at radius 2 is 1.21 bits per heavy atom. The van der Waals surface area contributed by atoms with Crippen molar-refractivity contribution in [3.05, 3.63) is 141 Å². The maximum Gasteiger partial charge on any atom is 0.416 e. The molecular weight excluding hydrogens is 992 g/mol. The second-order valence-electron chi connectivity index (χ2n) is 17.1. The number of hydrogen-bond acceptors (Lipinski definition) is 16. The molecule has 0 spiro atoms. The minimum atomic E-state index is -4.42. The smallest absolute Gasteiger partial charge is 0.416 e. The first kappa shape index (κ1) is 53.0. The van der Waals surface area contributed by atoms with E-state index >= 15 is 0 Å². The Morgan fingerprint density at radius 3 is 1.60 bits per heavy atom.